The minimum absolute atomic E-state index is 0.373. The van der Waals surface area contributed by atoms with Crippen molar-refractivity contribution in [2.75, 3.05) is 6.54 Å². The summed E-state index contributed by atoms with van der Waals surface area (Å²) in [6.45, 7) is 2.14. The second kappa shape index (κ2) is 4.94. The molecule has 0 aromatic carbocycles. The summed E-state index contributed by atoms with van der Waals surface area (Å²) in [5.41, 5.74) is 0. The predicted octanol–water partition coefficient (Wildman–Crippen LogP) is 1.19. The molecule has 96 valence electrons. The molecule has 0 spiro atoms. The minimum atomic E-state index is -1.01. The molecule has 3 N–H and O–H groups in total. The van der Waals surface area contributed by atoms with Crippen LogP contribution >= 0.6 is 0 Å². The summed E-state index contributed by atoms with van der Waals surface area (Å²) in [7, 11) is 0. The lowest BCUT2D eigenvalue weighted by Crippen LogP contribution is -2.45. The molecule has 5 nitrogen and oxygen atoms in total. The van der Waals surface area contributed by atoms with E-state index in [0.29, 0.717) is 12.5 Å². The van der Waals surface area contributed by atoms with Gasteiger partial charge in [-0.2, -0.15) is 0 Å². The maximum absolute atomic E-state index is 11.4. The molecule has 2 fully saturated rings. The molecule has 0 aromatic heterocycles. The summed E-state index contributed by atoms with van der Waals surface area (Å²) in [5, 5.41) is 13.8. The number of urea groups is 1. The van der Waals surface area contributed by atoms with E-state index in [1.165, 1.54) is 32.6 Å². The van der Waals surface area contributed by atoms with Crippen molar-refractivity contribution < 1.29 is 14.7 Å². The monoisotopic (exact) mass is 240 g/mol. The first-order valence-electron chi connectivity index (χ1n) is 6.33. The molecule has 2 bridgehead atoms. The molecule has 0 saturated heterocycles. The fourth-order valence-electron chi connectivity index (χ4n) is 3.16. The van der Waals surface area contributed by atoms with Crippen LogP contribution in [0.25, 0.3) is 0 Å². The Labute approximate surface area is 101 Å². The Kier molecular flexibility index (Phi) is 3.54. The van der Waals surface area contributed by atoms with Gasteiger partial charge in [-0.15, -0.1) is 0 Å². The van der Waals surface area contributed by atoms with E-state index in [4.69, 9.17) is 5.11 Å². The summed E-state index contributed by atoms with van der Waals surface area (Å²) in [6.07, 6.45) is 5.19. The number of carboxylic acids is 1. The Morgan fingerprint density at radius 2 is 2.12 bits per heavy atom. The van der Waals surface area contributed by atoms with Crippen molar-refractivity contribution in [2.24, 2.45) is 17.8 Å². The number of nitrogens with one attached hydrogen (secondary N) is 2. The molecule has 2 rings (SSSR count). The van der Waals surface area contributed by atoms with Crippen LogP contribution in [0.1, 0.15) is 32.6 Å². The molecule has 17 heavy (non-hydrogen) atoms. The lowest BCUT2D eigenvalue weighted by Gasteiger charge is -2.22. The van der Waals surface area contributed by atoms with Crippen LogP contribution in [0, 0.1) is 17.8 Å². The van der Waals surface area contributed by atoms with Gasteiger partial charge in [0.2, 0.25) is 0 Å². The molecule has 2 saturated carbocycles. The summed E-state index contributed by atoms with van der Waals surface area (Å²) in [4.78, 5) is 22.0. The maximum Gasteiger partial charge on any atom is 0.325 e. The number of carbonyl (C=O) groups is 2. The number of hydrogen-bond donors (Lipinski definition) is 3. The summed E-state index contributed by atoms with van der Waals surface area (Å²) in [6, 6.07) is -1.21. The van der Waals surface area contributed by atoms with Gasteiger partial charge in [0.25, 0.3) is 0 Å². The van der Waals surface area contributed by atoms with Gasteiger partial charge < -0.3 is 15.7 Å². The molecule has 0 heterocycles. The number of hydrogen-bond acceptors (Lipinski definition) is 2. The van der Waals surface area contributed by atoms with Gasteiger partial charge in [-0.1, -0.05) is 6.42 Å². The fraction of sp³-hybridized carbons (Fsp3) is 0.833. The summed E-state index contributed by atoms with van der Waals surface area (Å²) >= 11 is 0. The van der Waals surface area contributed by atoms with Crippen molar-refractivity contribution >= 4 is 12.0 Å². The first kappa shape index (κ1) is 12.2. The zero-order valence-corrected chi connectivity index (χ0v) is 10.1. The molecule has 2 aliphatic rings. The van der Waals surface area contributed by atoms with Crippen molar-refractivity contribution in [3.05, 3.63) is 0 Å². The van der Waals surface area contributed by atoms with Gasteiger partial charge in [-0.25, -0.2) is 4.79 Å². The Balaban J connectivity index is 1.68. The van der Waals surface area contributed by atoms with Gasteiger partial charge in [0.1, 0.15) is 6.04 Å². The SMILES string of the molecule is CC(NC(=O)NCC1CC2CCC1C2)C(=O)O. The van der Waals surface area contributed by atoms with Crippen LogP contribution in [-0.2, 0) is 4.79 Å². The number of carboxylic acid groups (broad SMARTS) is 1. The molecule has 2 amide bonds. The lowest BCUT2D eigenvalue weighted by molar-refractivity contribution is -0.138. The number of carbonyl (C=O) groups excluding carboxylic acids is 1. The third-order valence-electron chi connectivity index (χ3n) is 4.13. The summed E-state index contributed by atoms with van der Waals surface area (Å²) in [5.74, 6) is 1.23. The van der Waals surface area contributed by atoms with E-state index in [0.717, 1.165) is 11.8 Å². The average molecular weight is 240 g/mol. The van der Waals surface area contributed by atoms with Crippen LogP contribution in [0.4, 0.5) is 4.79 Å². The molecular weight excluding hydrogens is 220 g/mol. The van der Waals surface area contributed by atoms with Gasteiger partial charge in [-0.05, 0) is 43.9 Å². The standard InChI is InChI=1S/C12H20N2O3/c1-7(11(15)16)14-12(17)13-6-10-5-8-2-3-9(10)4-8/h7-10H,2-6H2,1H3,(H,15,16)(H2,13,14,17). The maximum atomic E-state index is 11.4. The van der Waals surface area contributed by atoms with Crippen LogP contribution in [0.15, 0.2) is 0 Å². The smallest absolute Gasteiger partial charge is 0.325 e. The molecule has 2 aliphatic carbocycles. The zero-order valence-electron chi connectivity index (χ0n) is 10.1. The average Bonchev–Trinajstić information content (AvgIpc) is 2.87. The van der Waals surface area contributed by atoms with Gasteiger partial charge in [-0.3, -0.25) is 4.79 Å². The van der Waals surface area contributed by atoms with E-state index in [1.807, 2.05) is 0 Å². The van der Waals surface area contributed by atoms with E-state index in [2.05, 4.69) is 10.6 Å². The van der Waals surface area contributed by atoms with E-state index >= 15 is 0 Å². The van der Waals surface area contributed by atoms with Gasteiger partial charge in [0, 0.05) is 6.54 Å². The number of aliphatic carboxylic acids is 1. The molecule has 0 radical (unpaired) electrons. The lowest BCUT2D eigenvalue weighted by atomic mass is 9.89. The highest BCUT2D eigenvalue weighted by molar-refractivity contribution is 5.82. The minimum Gasteiger partial charge on any atom is -0.480 e. The molecular formula is C12H20N2O3. The van der Waals surface area contributed by atoms with Crippen LogP contribution in [0.5, 0.6) is 0 Å². The first-order valence-corrected chi connectivity index (χ1v) is 6.33. The largest absolute Gasteiger partial charge is 0.480 e. The third kappa shape index (κ3) is 2.90. The van der Waals surface area contributed by atoms with Crippen LogP contribution in [0.3, 0.4) is 0 Å². The fourth-order valence-corrected chi connectivity index (χ4v) is 3.16. The van der Waals surface area contributed by atoms with Crippen LogP contribution < -0.4 is 10.6 Å². The zero-order chi connectivity index (χ0) is 12.4. The number of amides is 2. The molecule has 4 unspecified atom stereocenters. The van der Waals surface area contributed by atoms with Crippen LogP contribution in [-0.4, -0.2) is 29.7 Å². The van der Waals surface area contributed by atoms with Crippen molar-refractivity contribution in [1.82, 2.24) is 10.6 Å². The van der Waals surface area contributed by atoms with Crippen molar-refractivity contribution in [2.45, 2.75) is 38.6 Å². The van der Waals surface area contributed by atoms with Crippen LogP contribution in [0.2, 0.25) is 0 Å². The number of fused-ring (bicyclic) bond motifs is 2. The topological polar surface area (TPSA) is 78.4 Å². The van der Waals surface area contributed by atoms with Gasteiger partial charge >= 0.3 is 12.0 Å². The Morgan fingerprint density at radius 3 is 2.65 bits per heavy atom. The highest BCUT2D eigenvalue weighted by Crippen LogP contribution is 2.47. The quantitative estimate of drug-likeness (QED) is 0.690. The van der Waals surface area contributed by atoms with Gasteiger partial charge in [0.05, 0.1) is 0 Å². The Morgan fingerprint density at radius 1 is 1.35 bits per heavy atom. The number of rotatable bonds is 4. The van der Waals surface area contributed by atoms with E-state index in [-0.39, 0.29) is 6.03 Å². The second-order valence-electron chi connectivity index (χ2n) is 5.35. The molecule has 5 heteroatoms. The molecule has 0 aliphatic heterocycles. The normalized spacial score (nSPS) is 32.2. The second-order valence-corrected chi connectivity index (χ2v) is 5.35. The van der Waals surface area contributed by atoms with E-state index < -0.39 is 12.0 Å². The Bertz CT molecular complexity index is 319. The first-order chi connectivity index (χ1) is 8.06. The van der Waals surface area contributed by atoms with E-state index in [9.17, 15) is 9.59 Å². The highest BCUT2D eigenvalue weighted by atomic mass is 16.4. The molecule has 4 atom stereocenters. The van der Waals surface area contributed by atoms with E-state index in [1.54, 1.807) is 0 Å². The Hall–Kier alpha value is -1.26. The highest BCUT2D eigenvalue weighted by Gasteiger charge is 2.39. The summed E-state index contributed by atoms with van der Waals surface area (Å²) < 4.78 is 0. The van der Waals surface area contributed by atoms with Crippen molar-refractivity contribution in [1.29, 1.82) is 0 Å². The van der Waals surface area contributed by atoms with Crippen molar-refractivity contribution in [3.8, 4) is 0 Å². The predicted molar refractivity (Wildman–Crippen MR) is 62.6 cm³/mol. The molecule has 0 aromatic rings. The third-order valence-corrected chi connectivity index (χ3v) is 4.13. The van der Waals surface area contributed by atoms with Gasteiger partial charge in [0.15, 0.2) is 0 Å². The van der Waals surface area contributed by atoms with Crippen molar-refractivity contribution in [3.63, 3.8) is 0 Å².